The van der Waals surface area contributed by atoms with Crippen LogP contribution in [0.25, 0.3) is 0 Å². The van der Waals surface area contributed by atoms with Gasteiger partial charge in [-0.1, -0.05) is 37.8 Å². The van der Waals surface area contributed by atoms with Crippen LogP contribution in [0.1, 0.15) is 68.4 Å². The van der Waals surface area contributed by atoms with E-state index in [-0.39, 0.29) is 0 Å². The molecular formula is C20H28ClNSi. The average molecular weight is 346 g/mol. The number of hydrogen-bond acceptors (Lipinski definition) is 1. The van der Waals surface area contributed by atoms with Crippen LogP contribution < -0.4 is 0 Å². The molecule has 1 aromatic rings. The summed E-state index contributed by atoms with van der Waals surface area (Å²) in [6.45, 7) is 0. The summed E-state index contributed by atoms with van der Waals surface area (Å²) in [5.74, 6) is 2.65. The van der Waals surface area contributed by atoms with Crippen LogP contribution in [-0.2, 0) is 0 Å². The SMILES string of the molecule is N#Cc1ccc(C2CCC(CCC3CC[SiH](Cl)CC3)CC2)cc1. The third-order valence-corrected chi connectivity index (χ3v) is 9.35. The van der Waals surface area contributed by atoms with E-state index in [4.69, 9.17) is 16.3 Å². The smallest absolute Gasteiger partial charge is 0.141 e. The van der Waals surface area contributed by atoms with E-state index in [1.54, 1.807) is 0 Å². The summed E-state index contributed by atoms with van der Waals surface area (Å²) < 4.78 is 0. The maximum atomic E-state index is 8.90. The molecule has 0 N–H and O–H groups in total. The molecule has 1 aromatic carbocycles. The van der Waals surface area contributed by atoms with Crippen LogP contribution in [0.15, 0.2) is 24.3 Å². The molecular weight excluding hydrogens is 318 g/mol. The van der Waals surface area contributed by atoms with Gasteiger partial charge in [0, 0.05) is 0 Å². The predicted octanol–water partition coefficient (Wildman–Crippen LogP) is 5.98. The number of halogens is 1. The molecule has 3 rings (SSSR count). The lowest BCUT2D eigenvalue weighted by molar-refractivity contribution is 0.280. The Morgan fingerprint density at radius 1 is 0.913 bits per heavy atom. The van der Waals surface area contributed by atoms with Crippen molar-refractivity contribution in [3.8, 4) is 6.07 Å². The van der Waals surface area contributed by atoms with Gasteiger partial charge in [0.25, 0.3) is 0 Å². The fraction of sp³-hybridized carbons (Fsp3) is 0.650. The molecule has 23 heavy (non-hydrogen) atoms. The molecule has 1 aliphatic carbocycles. The molecule has 0 amide bonds. The number of rotatable bonds is 4. The first-order valence-electron chi connectivity index (χ1n) is 9.38. The second kappa shape index (κ2) is 8.35. The zero-order chi connectivity index (χ0) is 16.1. The summed E-state index contributed by atoms with van der Waals surface area (Å²) >= 11 is 6.35. The predicted molar refractivity (Wildman–Crippen MR) is 100 cm³/mol. The van der Waals surface area contributed by atoms with Crippen LogP contribution >= 0.6 is 11.1 Å². The lowest BCUT2D eigenvalue weighted by Crippen LogP contribution is -2.18. The van der Waals surface area contributed by atoms with Gasteiger partial charge in [-0.25, -0.2) is 0 Å². The Morgan fingerprint density at radius 3 is 2.04 bits per heavy atom. The van der Waals surface area contributed by atoms with Gasteiger partial charge in [0.1, 0.15) is 8.11 Å². The third-order valence-electron chi connectivity index (χ3n) is 6.12. The molecule has 0 spiro atoms. The van der Waals surface area contributed by atoms with Crippen molar-refractivity contribution in [2.24, 2.45) is 11.8 Å². The van der Waals surface area contributed by atoms with E-state index < -0.39 is 8.11 Å². The molecule has 1 saturated carbocycles. The molecule has 0 unspecified atom stereocenters. The second-order valence-corrected chi connectivity index (χ2v) is 11.8. The maximum absolute atomic E-state index is 8.90. The Hall–Kier alpha value is -0.783. The summed E-state index contributed by atoms with van der Waals surface area (Å²) in [5, 5.41) is 8.90. The Balaban J connectivity index is 1.40. The fourth-order valence-corrected chi connectivity index (χ4v) is 7.21. The number of hydrogen-bond donors (Lipinski definition) is 0. The minimum Gasteiger partial charge on any atom is -0.192 e. The monoisotopic (exact) mass is 345 g/mol. The minimum absolute atomic E-state index is 0.719. The summed E-state index contributed by atoms with van der Waals surface area (Å²) in [5.41, 5.74) is 2.21. The van der Waals surface area contributed by atoms with Crippen LogP contribution in [0, 0.1) is 23.2 Å². The van der Waals surface area contributed by atoms with Crippen molar-refractivity contribution in [2.45, 2.75) is 69.4 Å². The van der Waals surface area contributed by atoms with Gasteiger partial charge in [-0.3, -0.25) is 0 Å². The summed E-state index contributed by atoms with van der Waals surface area (Å²) in [4.78, 5) is 0. The third kappa shape index (κ3) is 4.84. The normalized spacial score (nSPS) is 31.5. The van der Waals surface area contributed by atoms with E-state index >= 15 is 0 Å². The zero-order valence-corrected chi connectivity index (χ0v) is 15.9. The molecule has 2 fully saturated rings. The molecule has 1 saturated heterocycles. The highest BCUT2D eigenvalue weighted by atomic mass is 35.6. The largest absolute Gasteiger partial charge is 0.192 e. The van der Waals surface area contributed by atoms with Crippen LogP contribution in [0.4, 0.5) is 0 Å². The van der Waals surface area contributed by atoms with Gasteiger partial charge in [0.05, 0.1) is 11.6 Å². The maximum Gasteiger partial charge on any atom is 0.141 e. The highest BCUT2D eigenvalue weighted by molar-refractivity contribution is 7.07. The van der Waals surface area contributed by atoms with Crippen molar-refractivity contribution in [2.75, 3.05) is 0 Å². The molecule has 124 valence electrons. The first kappa shape index (κ1) is 17.1. The number of benzene rings is 1. The van der Waals surface area contributed by atoms with Gasteiger partial charge in [0.2, 0.25) is 0 Å². The average Bonchev–Trinajstić information content (AvgIpc) is 2.62. The van der Waals surface area contributed by atoms with E-state index in [1.165, 1.54) is 69.0 Å². The summed E-state index contributed by atoms with van der Waals surface area (Å²) in [6, 6.07) is 13.2. The van der Waals surface area contributed by atoms with Gasteiger partial charge in [-0.15, -0.1) is 0 Å². The molecule has 2 aliphatic rings. The first-order chi connectivity index (χ1) is 11.2. The van der Waals surface area contributed by atoms with Gasteiger partial charge < -0.3 is 0 Å². The molecule has 3 heteroatoms. The van der Waals surface area contributed by atoms with Crippen molar-refractivity contribution < 1.29 is 0 Å². The first-order valence-corrected chi connectivity index (χ1v) is 12.8. The van der Waals surface area contributed by atoms with Crippen molar-refractivity contribution in [3.05, 3.63) is 35.4 Å². The topological polar surface area (TPSA) is 23.8 Å². The van der Waals surface area contributed by atoms with E-state index in [2.05, 4.69) is 18.2 Å². The van der Waals surface area contributed by atoms with Crippen LogP contribution in [0.3, 0.4) is 0 Å². The Labute approximate surface area is 147 Å². The highest BCUT2D eigenvalue weighted by Gasteiger charge is 2.25. The van der Waals surface area contributed by atoms with Crippen molar-refractivity contribution in [1.82, 2.24) is 0 Å². The van der Waals surface area contributed by atoms with Gasteiger partial charge in [-0.2, -0.15) is 16.3 Å². The molecule has 0 bridgehead atoms. The van der Waals surface area contributed by atoms with Crippen molar-refractivity contribution in [1.29, 1.82) is 5.26 Å². The van der Waals surface area contributed by atoms with Gasteiger partial charge in [0.15, 0.2) is 0 Å². The van der Waals surface area contributed by atoms with Gasteiger partial charge in [-0.05, 0) is 73.2 Å². The lowest BCUT2D eigenvalue weighted by atomic mass is 9.76. The van der Waals surface area contributed by atoms with Crippen molar-refractivity contribution >= 4 is 19.2 Å². The summed E-state index contributed by atoms with van der Waals surface area (Å²) in [7, 11) is -0.790. The highest BCUT2D eigenvalue weighted by Crippen LogP contribution is 2.39. The van der Waals surface area contributed by atoms with Crippen LogP contribution in [-0.4, -0.2) is 8.11 Å². The van der Waals surface area contributed by atoms with Gasteiger partial charge >= 0.3 is 0 Å². The second-order valence-electron chi connectivity index (χ2n) is 7.65. The van der Waals surface area contributed by atoms with Crippen molar-refractivity contribution in [3.63, 3.8) is 0 Å². The Bertz CT molecular complexity index is 520. The number of nitrogens with zero attached hydrogens (tertiary/aromatic N) is 1. The molecule has 0 atom stereocenters. The molecule has 0 radical (unpaired) electrons. The standard InChI is InChI=1S/C20H28ClNSi/c21-23-13-11-17(12-14-23)2-1-16-3-7-19(8-4-16)20-9-5-18(15-22)6-10-20/h5-6,9-10,16-17,19,23H,1-4,7-8,11-14H2. The molecule has 1 heterocycles. The van der Waals surface area contributed by atoms with E-state index in [0.29, 0.717) is 0 Å². The molecule has 1 nitrogen and oxygen atoms in total. The van der Waals surface area contributed by atoms with E-state index in [0.717, 1.165) is 23.3 Å². The minimum atomic E-state index is -0.790. The van der Waals surface area contributed by atoms with Crippen LogP contribution in [0.2, 0.25) is 12.1 Å². The van der Waals surface area contributed by atoms with E-state index in [9.17, 15) is 0 Å². The van der Waals surface area contributed by atoms with Crippen LogP contribution in [0.5, 0.6) is 0 Å². The molecule has 0 aromatic heterocycles. The Morgan fingerprint density at radius 2 is 1.48 bits per heavy atom. The number of nitriles is 1. The quantitative estimate of drug-likeness (QED) is 0.486. The fourth-order valence-electron chi connectivity index (χ4n) is 4.50. The molecule has 1 aliphatic heterocycles. The summed E-state index contributed by atoms with van der Waals surface area (Å²) in [6.07, 6.45) is 11.2. The Kier molecular flexibility index (Phi) is 6.19. The van der Waals surface area contributed by atoms with E-state index in [1.807, 2.05) is 12.1 Å². The zero-order valence-electron chi connectivity index (χ0n) is 14.0. The lowest BCUT2D eigenvalue weighted by Gasteiger charge is -2.31.